The highest BCUT2D eigenvalue weighted by Gasteiger charge is 2.21. The third-order valence-electron chi connectivity index (χ3n) is 3.74. The molecule has 1 amide bonds. The summed E-state index contributed by atoms with van der Waals surface area (Å²) in [6.07, 6.45) is 5.15. The molecule has 0 aliphatic rings. The number of pyridine rings is 1. The fourth-order valence-corrected chi connectivity index (χ4v) is 2.45. The first-order valence-corrected chi connectivity index (χ1v) is 7.52. The lowest BCUT2D eigenvalue weighted by molar-refractivity contribution is 0.0936. The van der Waals surface area contributed by atoms with E-state index in [1.54, 1.807) is 37.7 Å². The Labute approximate surface area is 140 Å². The number of ether oxygens (including phenoxy) is 1. The van der Waals surface area contributed by atoms with Crippen molar-refractivity contribution < 1.29 is 9.53 Å². The van der Waals surface area contributed by atoms with Crippen LogP contribution in [0.3, 0.4) is 0 Å². The van der Waals surface area contributed by atoms with Crippen molar-refractivity contribution in [3.05, 3.63) is 78.1 Å². The van der Waals surface area contributed by atoms with E-state index in [1.807, 2.05) is 42.1 Å². The smallest absolute Gasteiger partial charge is 0.270 e. The number of amides is 1. The van der Waals surface area contributed by atoms with Crippen molar-refractivity contribution in [2.45, 2.75) is 6.04 Å². The van der Waals surface area contributed by atoms with E-state index >= 15 is 0 Å². The van der Waals surface area contributed by atoms with Crippen LogP contribution >= 0.6 is 0 Å². The van der Waals surface area contributed by atoms with Gasteiger partial charge in [-0.2, -0.15) is 0 Å². The van der Waals surface area contributed by atoms with Gasteiger partial charge in [0, 0.05) is 25.6 Å². The molecular weight excluding hydrogens is 304 g/mol. The van der Waals surface area contributed by atoms with Crippen molar-refractivity contribution in [2.75, 3.05) is 7.11 Å². The Balaban J connectivity index is 1.93. The fraction of sp³-hybridized carbons (Fsp3) is 0.167. The zero-order chi connectivity index (χ0) is 16.9. The summed E-state index contributed by atoms with van der Waals surface area (Å²) >= 11 is 0. The Hall–Kier alpha value is -3.15. The van der Waals surface area contributed by atoms with Gasteiger partial charge in [-0.15, -0.1) is 0 Å². The van der Waals surface area contributed by atoms with Gasteiger partial charge < -0.3 is 14.6 Å². The second kappa shape index (κ2) is 6.95. The molecule has 0 fully saturated rings. The van der Waals surface area contributed by atoms with Crippen molar-refractivity contribution in [1.82, 2.24) is 19.9 Å². The molecule has 1 N–H and O–H groups in total. The first-order chi connectivity index (χ1) is 11.7. The molecule has 122 valence electrons. The molecule has 2 aromatic heterocycles. The number of hydrogen-bond donors (Lipinski definition) is 1. The lowest BCUT2D eigenvalue weighted by atomic mass is 10.1. The molecule has 0 saturated heterocycles. The third-order valence-corrected chi connectivity index (χ3v) is 3.74. The van der Waals surface area contributed by atoms with Gasteiger partial charge in [-0.3, -0.25) is 9.78 Å². The predicted molar refractivity (Wildman–Crippen MR) is 89.7 cm³/mol. The second-order valence-electron chi connectivity index (χ2n) is 5.29. The van der Waals surface area contributed by atoms with Gasteiger partial charge in [-0.25, -0.2) is 4.98 Å². The summed E-state index contributed by atoms with van der Waals surface area (Å²) < 4.78 is 7.08. The Morgan fingerprint density at radius 1 is 1.12 bits per heavy atom. The van der Waals surface area contributed by atoms with Crippen LogP contribution in [0.25, 0.3) is 0 Å². The molecule has 0 bridgehead atoms. The lowest BCUT2D eigenvalue weighted by Gasteiger charge is -2.19. The zero-order valence-electron chi connectivity index (χ0n) is 13.5. The minimum atomic E-state index is -0.384. The second-order valence-corrected chi connectivity index (χ2v) is 5.29. The maximum absolute atomic E-state index is 12.5. The lowest BCUT2D eigenvalue weighted by Crippen LogP contribution is -2.31. The van der Waals surface area contributed by atoms with E-state index in [2.05, 4.69) is 15.3 Å². The molecule has 6 nitrogen and oxygen atoms in total. The molecule has 0 spiro atoms. The molecule has 6 heteroatoms. The minimum absolute atomic E-state index is 0.251. The summed E-state index contributed by atoms with van der Waals surface area (Å²) in [7, 11) is 3.51. The van der Waals surface area contributed by atoms with Crippen LogP contribution in [0.1, 0.15) is 27.9 Å². The Morgan fingerprint density at radius 3 is 2.50 bits per heavy atom. The number of aromatic nitrogens is 3. The first-order valence-electron chi connectivity index (χ1n) is 7.52. The molecular formula is C18H18N4O2. The van der Waals surface area contributed by atoms with Gasteiger partial charge in [0.1, 0.15) is 23.3 Å². The number of carbonyl (C=O) groups excluding carboxylic acids is 1. The van der Waals surface area contributed by atoms with Gasteiger partial charge in [0.15, 0.2) is 0 Å². The first kappa shape index (κ1) is 15.7. The quantitative estimate of drug-likeness (QED) is 0.783. The van der Waals surface area contributed by atoms with Crippen LogP contribution in [-0.4, -0.2) is 27.6 Å². The number of nitrogens with one attached hydrogen (secondary N) is 1. The number of imidazole rings is 1. The summed E-state index contributed by atoms with van der Waals surface area (Å²) in [5.41, 5.74) is 1.28. The van der Waals surface area contributed by atoms with Crippen molar-refractivity contribution in [1.29, 1.82) is 0 Å². The highest BCUT2D eigenvalue weighted by molar-refractivity contribution is 5.92. The molecule has 0 aliphatic heterocycles. The third kappa shape index (κ3) is 3.27. The number of aryl methyl sites for hydroxylation is 1. The van der Waals surface area contributed by atoms with Gasteiger partial charge in [-0.1, -0.05) is 18.2 Å². The number of methoxy groups -OCH3 is 1. The van der Waals surface area contributed by atoms with Gasteiger partial charge in [-0.05, 0) is 29.8 Å². The summed E-state index contributed by atoms with van der Waals surface area (Å²) in [5, 5.41) is 3.00. The zero-order valence-corrected chi connectivity index (χ0v) is 13.5. The molecule has 0 unspecified atom stereocenters. The molecule has 0 radical (unpaired) electrons. The average molecular weight is 322 g/mol. The van der Waals surface area contributed by atoms with Crippen LogP contribution in [0.15, 0.2) is 61.1 Å². The fourth-order valence-electron chi connectivity index (χ4n) is 2.45. The van der Waals surface area contributed by atoms with Crippen LogP contribution in [0.2, 0.25) is 0 Å². The summed E-state index contributed by atoms with van der Waals surface area (Å²) in [5.74, 6) is 1.25. The van der Waals surface area contributed by atoms with E-state index < -0.39 is 0 Å². The Kier molecular flexibility index (Phi) is 4.56. The van der Waals surface area contributed by atoms with Gasteiger partial charge in [0.05, 0.1) is 7.11 Å². The van der Waals surface area contributed by atoms with Crippen LogP contribution in [-0.2, 0) is 7.05 Å². The summed E-state index contributed by atoms with van der Waals surface area (Å²) in [4.78, 5) is 21.0. The van der Waals surface area contributed by atoms with Crippen molar-refractivity contribution in [3.8, 4) is 5.75 Å². The molecule has 0 saturated carbocycles. The summed E-state index contributed by atoms with van der Waals surface area (Å²) in [6.45, 7) is 0. The number of rotatable bonds is 5. The minimum Gasteiger partial charge on any atom is -0.497 e. The maximum atomic E-state index is 12.5. The van der Waals surface area contributed by atoms with E-state index in [4.69, 9.17) is 4.74 Å². The standard InChI is InChI=1S/C18H18N4O2/c1-22-12-11-20-17(22)16(13-6-8-14(24-2)9-7-13)21-18(23)15-5-3-4-10-19-15/h3-12,16H,1-2H3,(H,21,23)/t16-/m0/s1. The molecule has 1 aromatic carbocycles. The average Bonchev–Trinajstić information content (AvgIpc) is 3.06. The molecule has 0 aliphatic carbocycles. The van der Waals surface area contributed by atoms with Gasteiger partial charge >= 0.3 is 0 Å². The maximum Gasteiger partial charge on any atom is 0.270 e. The van der Waals surface area contributed by atoms with E-state index in [-0.39, 0.29) is 11.9 Å². The summed E-state index contributed by atoms with van der Waals surface area (Å²) in [6, 6.07) is 12.4. The number of benzene rings is 1. The molecule has 2 heterocycles. The number of nitrogens with zero attached hydrogens (tertiary/aromatic N) is 3. The molecule has 1 atom stereocenters. The van der Waals surface area contributed by atoms with Crippen molar-refractivity contribution in [3.63, 3.8) is 0 Å². The normalized spacial score (nSPS) is 11.8. The van der Waals surface area contributed by atoms with Crippen LogP contribution in [0.4, 0.5) is 0 Å². The SMILES string of the molecule is COc1ccc([C@H](NC(=O)c2ccccn2)c2nccn2C)cc1. The molecule has 3 aromatic rings. The number of hydrogen-bond acceptors (Lipinski definition) is 4. The van der Waals surface area contributed by atoms with Crippen LogP contribution < -0.4 is 10.1 Å². The topological polar surface area (TPSA) is 69.0 Å². The van der Waals surface area contributed by atoms with Gasteiger partial charge in [0.2, 0.25) is 0 Å². The Morgan fingerprint density at radius 2 is 1.92 bits per heavy atom. The van der Waals surface area contributed by atoms with Crippen LogP contribution in [0, 0.1) is 0 Å². The molecule has 3 rings (SSSR count). The van der Waals surface area contributed by atoms with E-state index in [9.17, 15) is 4.79 Å². The Bertz CT molecular complexity index is 813. The van der Waals surface area contributed by atoms with E-state index in [0.717, 1.165) is 17.1 Å². The monoisotopic (exact) mass is 322 g/mol. The van der Waals surface area contributed by atoms with Crippen molar-refractivity contribution in [2.24, 2.45) is 7.05 Å². The van der Waals surface area contributed by atoms with Gasteiger partial charge in [0.25, 0.3) is 5.91 Å². The number of carbonyl (C=O) groups is 1. The highest BCUT2D eigenvalue weighted by Crippen LogP contribution is 2.23. The predicted octanol–water partition coefficient (Wildman–Crippen LogP) is 2.34. The van der Waals surface area contributed by atoms with Crippen molar-refractivity contribution >= 4 is 5.91 Å². The molecule has 24 heavy (non-hydrogen) atoms. The van der Waals surface area contributed by atoms with Crippen LogP contribution in [0.5, 0.6) is 5.75 Å². The van der Waals surface area contributed by atoms with E-state index in [0.29, 0.717) is 5.69 Å². The highest BCUT2D eigenvalue weighted by atomic mass is 16.5. The van der Waals surface area contributed by atoms with E-state index in [1.165, 1.54) is 0 Å². The largest absolute Gasteiger partial charge is 0.497 e.